The van der Waals surface area contributed by atoms with Gasteiger partial charge in [-0.1, -0.05) is 332 Å². The number of aliphatic hydroxyl groups is 5. The molecule has 1 amide bonds. The molecule has 89 heavy (non-hydrogen) atoms. The van der Waals surface area contributed by atoms with Crippen LogP contribution in [0.5, 0.6) is 0 Å². The molecule has 6 N–H and O–H groups in total. The third-order valence-electron chi connectivity index (χ3n) is 18.2. The van der Waals surface area contributed by atoms with Crippen LogP contribution < -0.4 is 5.32 Å². The highest BCUT2D eigenvalue weighted by Crippen LogP contribution is 2.24. The number of carbonyl (C=O) groups excluding carboxylic acids is 2. The molecule has 11 heteroatoms. The number of rotatable bonds is 68. The number of allylic oxidation sites excluding steroid dienone is 7. The number of hydrogen-bond donors (Lipinski definition) is 6. The number of hydrogen-bond acceptors (Lipinski definition) is 10. The predicted octanol–water partition coefficient (Wildman–Crippen LogP) is 20.3. The fraction of sp³-hybridized carbons (Fsp3) is 0.872. The van der Waals surface area contributed by atoms with E-state index in [1.807, 2.05) is 6.08 Å². The summed E-state index contributed by atoms with van der Waals surface area (Å²) < 4.78 is 16.7. The van der Waals surface area contributed by atoms with Crippen LogP contribution in [0.1, 0.15) is 373 Å². The van der Waals surface area contributed by atoms with Crippen molar-refractivity contribution in [2.75, 3.05) is 19.8 Å². The Morgan fingerprint density at radius 3 is 1.19 bits per heavy atom. The van der Waals surface area contributed by atoms with Crippen molar-refractivity contribution in [2.24, 2.45) is 0 Å². The van der Waals surface area contributed by atoms with Crippen molar-refractivity contribution < 1.29 is 49.3 Å². The van der Waals surface area contributed by atoms with Gasteiger partial charge in [-0.15, -0.1) is 0 Å². The molecule has 11 nitrogen and oxygen atoms in total. The van der Waals surface area contributed by atoms with Crippen LogP contribution in [0.4, 0.5) is 0 Å². The van der Waals surface area contributed by atoms with Gasteiger partial charge in [-0.3, -0.25) is 9.59 Å². The molecule has 1 heterocycles. The Kier molecular flexibility index (Phi) is 63.8. The van der Waals surface area contributed by atoms with E-state index in [0.717, 1.165) is 57.8 Å². The van der Waals surface area contributed by atoms with Crippen molar-refractivity contribution in [3.63, 3.8) is 0 Å². The second-order valence-corrected chi connectivity index (χ2v) is 26.7. The number of amides is 1. The summed E-state index contributed by atoms with van der Waals surface area (Å²) in [6.45, 7) is 4.33. The summed E-state index contributed by atoms with van der Waals surface area (Å²) in [5.74, 6) is -0.179. The van der Waals surface area contributed by atoms with Crippen LogP contribution in [0.15, 0.2) is 48.6 Å². The molecule has 0 saturated carbocycles. The summed E-state index contributed by atoms with van der Waals surface area (Å²) >= 11 is 0. The SMILES string of the molecule is CCCCCC/C=C/CC/C=C/C(O)C(COC1OC(CO)C(O)C(O)C1O)NC(=O)CCCCCCCCCCCCCCCCCCC/C=C\C/C=C\CCCCCCCCCCCOC(=O)CCCCCCCCCCCCCCCCCCCC. The average molecular weight is 1260 g/mol. The molecular weight excluding hydrogens is 1110 g/mol. The largest absolute Gasteiger partial charge is 0.466 e. The second kappa shape index (κ2) is 67.1. The van der Waals surface area contributed by atoms with E-state index in [-0.39, 0.29) is 18.5 Å². The maximum absolute atomic E-state index is 13.0. The molecule has 1 fully saturated rings. The number of unbranched alkanes of at least 4 members (excludes halogenated alkanes) is 48. The molecule has 1 aliphatic heterocycles. The summed E-state index contributed by atoms with van der Waals surface area (Å²) in [6.07, 6.45) is 78.6. The maximum atomic E-state index is 13.0. The minimum Gasteiger partial charge on any atom is -0.466 e. The van der Waals surface area contributed by atoms with Gasteiger partial charge in [-0.25, -0.2) is 0 Å². The first-order chi connectivity index (χ1) is 43.7. The van der Waals surface area contributed by atoms with Gasteiger partial charge in [0, 0.05) is 12.8 Å². The van der Waals surface area contributed by atoms with Gasteiger partial charge in [-0.05, 0) is 77.0 Å². The quantitative estimate of drug-likeness (QED) is 0.0195. The highest BCUT2D eigenvalue weighted by molar-refractivity contribution is 5.76. The number of nitrogens with one attached hydrogen (secondary N) is 1. The van der Waals surface area contributed by atoms with Crippen molar-refractivity contribution in [3.05, 3.63) is 48.6 Å². The molecule has 1 rings (SSSR count). The first kappa shape index (κ1) is 84.6. The molecule has 0 spiro atoms. The Morgan fingerprint density at radius 1 is 0.416 bits per heavy atom. The molecule has 7 unspecified atom stereocenters. The molecule has 0 aromatic heterocycles. The lowest BCUT2D eigenvalue weighted by Gasteiger charge is -2.40. The van der Waals surface area contributed by atoms with Gasteiger partial charge >= 0.3 is 5.97 Å². The lowest BCUT2D eigenvalue weighted by molar-refractivity contribution is -0.302. The van der Waals surface area contributed by atoms with Gasteiger partial charge in [-0.2, -0.15) is 0 Å². The molecule has 0 aliphatic carbocycles. The Labute approximate surface area is 548 Å². The predicted molar refractivity (Wildman–Crippen MR) is 375 cm³/mol. The molecule has 0 aromatic rings. The van der Waals surface area contributed by atoms with Crippen LogP contribution in [0.3, 0.4) is 0 Å². The van der Waals surface area contributed by atoms with Crippen molar-refractivity contribution in [2.45, 2.75) is 416 Å². The van der Waals surface area contributed by atoms with Gasteiger partial charge in [0.15, 0.2) is 6.29 Å². The molecule has 0 radical (unpaired) electrons. The van der Waals surface area contributed by atoms with Crippen molar-refractivity contribution >= 4 is 11.9 Å². The van der Waals surface area contributed by atoms with Gasteiger partial charge in [0.05, 0.1) is 32.0 Å². The monoisotopic (exact) mass is 1260 g/mol. The van der Waals surface area contributed by atoms with Crippen molar-refractivity contribution in [3.8, 4) is 0 Å². The lowest BCUT2D eigenvalue weighted by Crippen LogP contribution is -2.60. The molecule has 522 valence electrons. The van der Waals surface area contributed by atoms with Crippen molar-refractivity contribution in [1.82, 2.24) is 5.32 Å². The maximum Gasteiger partial charge on any atom is 0.305 e. The van der Waals surface area contributed by atoms with Crippen LogP contribution in [0.25, 0.3) is 0 Å². The summed E-state index contributed by atoms with van der Waals surface area (Å²) in [6, 6.07) is -0.826. The zero-order valence-electron chi connectivity index (χ0n) is 58.2. The molecule has 1 aliphatic rings. The standard InChI is InChI=1S/C78H145NO10/c1-3-5-7-9-11-13-15-16-17-18-37-40-43-46-50-54-58-62-66-74(83)87-67-63-59-55-51-47-44-41-38-35-33-31-29-27-25-23-21-19-20-22-24-26-28-30-32-34-36-39-42-45-49-53-57-61-65-73(82)79-70(69-88-78-77(86)76(85)75(84)72(68-80)89-78)71(81)64-60-56-52-48-14-12-10-8-6-4-2/h14,23,25,29,31,48,60,64,70-72,75-78,80-81,84-86H,3-13,15-22,24,26-28,30,32-47,49-59,61-63,65-69H2,1-2H3,(H,79,82)/b25-23-,31-29-,48-14+,64-60+. The lowest BCUT2D eigenvalue weighted by atomic mass is 9.99. The minimum atomic E-state index is -1.58. The summed E-state index contributed by atoms with van der Waals surface area (Å²) in [4.78, 5) is 25.2. The molecular formula is C78H145NO10. The Bertz CT molecular complexity index is 1620. The highest BCUT2D eigenvalue weighted by atomic mass is 16.7. The number of ether oxygens (including phenoxy) is 3. The second-order valence-electron chi connectivity index (χ2n) is 26.7. The first-order valence-corrected chi connectivity index (χ1v) is 38.4. The van der Waals surface area contributed by atoms with Crippen LogP contribution in [0, 0.1) is 0 Å². The van der Waals surface area contributed by atoms with E-state index in [0.29, 0.717) is 19.4 Å². The van der Waals surface area contributed by atoms with Crippen LogP contribution >= 0.6 is 0 Å². The zero-order chi connectivity index (χ0) is 64.4. The average Bonchev–Trinajstić information content (AvgIpc) is 1.76. The molecule has 0 bridgehead atoms. The fourth-order valence-electron chi connectivity index (χ4n) is 12.1. The van der Waals surface area contributed by atoms with E-state index in [2.05, 4.69) is 55.6 Å². The number of carbonyl (C=O) groups is 2. The van der Waals surface area contributed by atoms with E-state index < -0.39 is 49.5 Å². The van der Waals surface area contributed by atoms with E-state index >= 15 is 0 Å². The van der Waals surface area contributed by atoms with Crippen molar-refractivity contribution in [1.29, 1.82) is 0 Å². The zero-order valence-corrected chi connectivity index (χ0v) is 58.2. The summed E-state index contributed by atoms with van der Waals surface area (Å²) in [5, 5.41) is 54.3. The van der Waals surface area contributed by atoms with Crippen LogP contribution in [0.2, 0.25) is 0 Å². The van der Waals surface area contributed by atoms with Gasteiger partial charge in [0.2, 0.25) is 5.91 Å². The Balaban J connectivity index is 1.90. The number of aliphatic hydroxyl groups excluding tert-OH is 5. The van der Waals surface area contributed by atoms with E-state index in [4.69, 9.17) is 14.2 Å². The topological polar surface area (TPSA) is 175 Å². The summed E-state index contributed by atoms with van der Waals surface area (Å²) in [7, 11) is 0. The highest BCUT2D eigenvalue weighted by Gasteiger charge is 2.44. The third kappa shape index (κ3) is 55.8. The first-order valence-electron chi connectivity index (χ1n) is 38.4. The Morgan fingerprint density at radius 2 is 0.764 bits per heavy atom. The molecule has 1 saturated heterocycles. The number of esters is 1. The Hall–Kier alpha value is -2.38. The molecule has 7 atom stereocenters. The van der Waals surface area contributed by atoms with Crippen LogP contribution in [-0.4, -0.2) is 100 Å². The minimum absolute atomic E-state index is 0.0115. The van der Waals surface area contributed by atoms with Gasteiger partial charge in [0.25, 0.3) is 0 Å². The fourth-order valence-corrected chi connectivity index (χ4v) is 12.1. The van der Waals surface area contributed by atoms with Gasteiger partial charge in [0.1, 0.15) is 24.4 Å². The van der Waals surface area contributed by atoms with E-state index in [9.17, 15) is 35.1 Å². The smallest absolute Gasteiger partial charge is 0.305 e. The van der Waals surface area contributed by atoms with Gasteiger partial charge < -0.3 is 45.1 Å². The normalized spacial score (nSPS) is 17.9. The third-order valence-corrected chi connectivity index (χ3v) is 18.2. The summed E-state index contributed by atoms with van der Waals surface area (Å²) in [5.41, 5.74) is 0. The van der Waals surface area contributed by atoms with Crippen LogP contribution in [-0.2, 0) is 23.8 Å². The van der Waals surface area contributed by atoms with E-state index in [1.165, 1.54) is 289 Å². The van der Waals surface area contributed by atoms with E-state index in [1.54, 1.807) is 6.08 Å². The molecule has 0 aromatic carbocycles.